The fraction of sp³-hybridized carbons (Fsp3) is 0.429. The Kier molecular flexibility index (Phi) is 4.12. The van der Waals surface area contributed by atoms with Gasteiger partial charge in [-0.05, 0) is 37.5 Å². The van der Waals surface area contributed by atoms with Gasteiger partial charge in [0, 0.05) is 12.1 Å². The average Bonchev–Trinajstić information content (AvgIpc) is 2.46. The number of aromatic hydroxyl groups is 1. The Morgan fingerprint density at radius 2 is 2.10 bits per heavy atom. The van der Waals surface area contributed by atoms with E-state index in [0.29, 0.717) is 13.0 Å². The number of hydrogen-bond donors (Lipinski definition) is 2. The van der Waals surface area contributed by atoms with E-state index in [0.717, 1.165) is 12.8 Å². The number of aliphatic carboxylic acids is 1. The van der Waals surface area contributed by atoms with E-state index in [9.17, 15) is 19.8 Å². The number of methoxy groups -OCH3 is 1. The molecule has 1 fully saturated rings. The third-order valence-electron chi connectivity index (χ3n) is 3.47. The molecule has 2 N–H and O–H groups in total. The van der Waals surface area contributed by atoms with Crippen molar-refractivity contribution in [3.63, 3.8) is 0 Å². The zero-order valence-corrected chi connectivity index (χ0v) is 11.2. The predicted molar refractivity (Wildman–Crippen MR) is 71.0 cm³/mol. The van der Waals surface area contributed by atoms with Crippen LogP contribution < -0.4 is 4.74 Å². The summed E-state index contributed by atoms with van der Waals surface area (Å²) in [7, 11) is 1.42. The minimum atomic E-state index is -0.990. The second-order valence-electron chi connectivity index (χ2n) is 4.73. The number of carbonyl (C=O) groups excluding carboxylic acids is 1. The topological polar surface area (TPSA) is 87.1 Å². The van der Waals surface area contributed by atoms with Crippen LogP contribution in [-0.4, -0.2) is 46.7 Å². The normalized spacial score (nSPS) is 18.6. The lowest BCUT2D eigenvalue weighted by atomic mass is 10.0. The van der Waals surface area contributed by atoms with Crippen LogP contribution in [0.5, 0.6) is 11.5 Å². The Morgan fingerprint density at radius 1 is 1.35 bits per heavy atom. The van der Waals surface area contributed by atoms with Gasteiger partial charge in [-0.25, -0.2) is 4.79 Å². The van der Waals surface area contributed by atoms with Gasteiger partial charge in [0.2, 0.25) is 0 Å². The Balaban J connectivity index is 2.25. The van der Waals surface area contributed by atoms with E-state index in [2.05, 4.69) is 0 Å². The molecule has 0 aliphatic carbocycles. The lowest BCUT2D eigenvalue weighted by Crippen LogP contribution is -2.47. The first-order chi connectivity index (χ1) is 9.54. The number of likely N-dealkylation sites (tertiary alicyclic amines) is 1. The fourth-order valence-electron chi connectivity index (χ4n) is 2.42. The third-order valence-corrected chi connectivity index (χ3v) is 3.47. The first kappa shape index (κ1) is 14.2. The van der Waals surface area contributed by atoms with E-state index in [1.165, 1.54) is 30.2 Å². The second-order valence-corrected chi connectivity index (χ2v) is 4.73. The summed E-state index contributed by atoms with van der Waals surface area (Å²) >= 11 is 0. The molecule has 1 amide bonds. The first-order valence-corrected chi connectivity index (χ1v) is 6.45. The maximum atomic E-state index is 12.4. The molecule has 1 aliphatic rings. The van der Waals surface area contributed by atoms with Crippen molar-refractivity contribution >= 4 is 11.9 Å². The number of ether oxygens (including phenoxy) is 1. The highest BCUT2D eigenvalue weighted by Crippen LogP contribution is 2.28. The van der Waals surface area contributed by atoms with Crippen molar-refractivity contribution in [2.24, 2.45) is 0 Å². The fourth-order valence-corrected chi connectivity index (χ4v) is 2.42. The summed E-state index contributed by atoms with van der Waals surface area (Å²) in [6.45, 7) is 0.419. The monoisotopic (exact) mass is 279 g/mol. The van der Waals surface area contributed by atoms with Crippen LogP contribution in [0.25, 0.3) is 0 Å². The van der Waals surface area contributed by atoms with E-state index in [1.54, 1.807) is 0 Å². The molecule has 0 saturated carbocycles. The lowest BCUT2D eigenvalue weighted by molar-refractivity contribution is -0.143. The van der Waals surface area contributed by atoms with Gasteiger partial charge in [-0.1, -0.05) is 0 Å². The van der Waals surface area contributed by atoms with Crippen LogP contribution in [0.3, 0.4) is 0 Å². The number of carboxylic acid groups (broad SMARTS) is 1. The summed E-state index contributed by atoms with van der Waals surface area (Å²) in [5.74, 6) is -1.23. The molecule has 1 aliphatic heterocycles. The SMILES string of the molecule is COc1ccc(C(=O)N2CCCCC2C(=O)O)cc1O. The van der Waals surface area contributed by atoms with Gasteiger partial charge < -0.3 is 19.8 Å². The number of amides is 1. The number of phenols is 1. The van der Waals surface area contributed by atoms with Crippen molar-refractivity contribution in [1.29, 1.82) is 0 Å². The Bertz CT molecular complexity index is 528. The van der Waals surface area contributed by atoms with Gasteiger partial charge in [0.15, 0.2) is 11.5 Å². The van der Waals surface area contributed by atoms with Gasteiger partial charge in [0.05, 0.1) is 7.11 Å². The molecule has 108 valence electrons. The molecule has 2 rings (SSSR count). The van der Waals surface area contributed by atoms with Crippen LogP contribution >= 0.6 is 0 Å². The van der Waals surface area contributed by atoms with Crippen molar-refractivity contribution in [3.8, 4) is 11.5 Å². The van der Waals surface area contributed by atoms with Crippen LogP contribution in [-0.2, 0) is 4.79 Å². The number of rotatable bonds is 3. The van der Waals surface area contributed by atoms with Crippen molar-refractivity contribution in [2.75, 3.05) is 13.7 Å². The molecule has 20 heavy (non-hydrogen) atoms. The smallest absolute Gasteiger partial charge is 0.326 e. The molecule has 1 aromatic carbocycles. The highest BCUT2D eigenvalue weighted by Gasteiger charge is 2.32. The van der Waals surface area contributed by atoms with Crippen LogP contribution in [0.1, 0.15) is 29.6 Å². The minimum Gasteiger partial charge on any atom is -0.504 e. The Hall–Kier alpha value is -2.24. The van der Waals surface area contributed by atoms with Gasteiger partial charge >= 0.3 is 5.97 Å². The maximum absolute atomic E-state index is 12.4. The standard InChI is InChI=1S/C14H17NO5/c1-20-12-6-5-9(8-11(12)16)13(17)15-7-3-2-4-10(15)14(18)19/h5-6,8,10,16H,2-4,7H2,1H3,(H,18,19). The molecule has 6 nitrogen and oxygen atoms in total. The zero-order valence-electron chi connectivity index (χ0n) is 11.2. The summed E-state index contributed by atoms with van der Waals surface area (Å²) in [5.41, 5.74) is 0.261. The second kappa shape index (κ2) is 5.81. The predicted octanol–water partition coefficient (Wildman–Crippen LogP) is 1.48. The molecule has 1 saturated heterocycles. The summed E-state index contributed by atoms with van der Waals surface area (Å²) in [6.07, 6.45) is 2.05. The summed E-state index contributed by atoms with van der Waals surface area (Å²) in [5, 5.41) is 18.9. The van der Waals surface area contributed by atoms with Crippen LogP contribution in [0.4, 0.5) is 0 Å². The summed E-state index contributed by atoms with van der Waals surface area (Å²) in [4.78, 5) is 24.9. The minimum absolute atomic E-state index is 0.137. The molecule has 0 bridgehead atoms. The molecule has 1 heterocycles. The molecule has 1 aromatic rings. The van der Waals surface area contributed by atoms with Gasteiger partial charge in [-0.15, -0.1) is 0 Å². The molecular weight excluding hydrogens is 262 g/mol. The molecule has 1 unspecified atom stereocenters. The average molecular weight is 279 g/mol. The van der Waals surface area contributed by atoms with Gasteiger partial charge in [0.1, 0.15) is 6.04 Å². The number of carboxylic acids is 1. The summed E-state index contributed by atoms with van der Waals surface area (Å²) < 4.78 is 4.92. The molecule has 1 atom stereocenters. The quantitative estimate of drug-likeness (QED) is 0.875. The van der Waals surface area contributed by atoms with Crippen molar-refractivity contribution < 1.29 is 24.5 Å². The highest BCUT2D eigenvalue weighted by atomic mass is 16.5. The molecule has 0 radical (unpaired) electrons. The number of carbonyl (C=O) groups is 2. The molecule has 0 spiro atoms. The highest BCUT2D eigenvalue weighted by molar-refractivity contribution is 5.97. The van der Waals surface area contributed by atoms with E-state index < -0.39 is 12.0 Å². The molecular formula is C14H17NO5. The number of hydrogen-bond acceptors (Lipinski definition) is 4. The first-order valence-electron chi connectivity index (χ1n) is 6.45. The summed E-state index contributed by atoms with van der Waals surface area (Å²) in [6, 6.07) is 3.52. The van der Waals surface area contributed by atoms with Crippen molar-refractivity contribution in [1.82, 2.24) is 4.90 Å². The maximum Gasteiger partial charge on any atom is 0.326 e. The number of phenolic OH excluding ortho intramolecular Hbond substituents is 1. The van der Waals surface area contributed by atoms with Crippen molar-refractivity contribution in [2.45, 2.75) is 25.3 Å². The van der Waals surface area contributed by atoms with Crippen molar-refractivity contribution in [3.05, 3.63) is 23.8 Å². The van der Waals surface area contributed by atoms with Gasteiger partial charge in [-0.2, -0.15) is 0 Å². The van der Waals surface area contributed by atoms with Crippen LogP contribution in [0, 0.1) is 0 Å². The van der Waals surface area contributed by atoms with Gasteiger partial charge in [-0.3, -0.25) is 4.79 Å². The molecule has 6 heteroatoms. The van der Waals surface area contributed by atoms with E-state index in [1.807, 2.05) is 0 Å². The Morgan fingerprint density at radius 3 is 2.70 bits per heavy atom. The largest absolute Gasteiger partial charge is 0.504 e. The van der Waals surface area contributed by atoms with Gasteiger partial charge in [0.25, 0.3) is 5.91 Å². The molecule has 0 aromatic heterocycles. The lowest BCUT2D eigenvalue weighted by Gasteiger charge is -2.33. The Labute approximate surface area is 116 Å². The van der Waals surface area contributed by atoms with E-state index >= 15 is 0 Å². The number of piperidine rings is 1. The van der Waals surface area contributed by atoms with E-state index in [4.69, 9.17) is 4.74 Å². The third kappa shape index (κ3) is 2.68. The van der Waals surface area contributed by atoms with Crippen LogP contribution in [0.2, 0.25) is 0 Å². The van der Waals surface area contributed by atoms with E-state index in [-0.39, 0.29) is 23.0 Å². The number of nitrogens with zero attached hydrogens (tertiary/aromatic N) is 1. The number of benzene rings is 1. The zero-order chi connectivity index (χ0) is 14.7. The van der Waals surface area contributed by atoms with Crippen LogP contribution in [0.15, 0.2) is 18.2 Å².